The van der Waals surface area contributed by atoms with Crippen LogP contribution in [0.2, 0.25) is 0 Å². The molecule has 1 aromatic carbocycles. The lowest BCUT2D eigenvalue weighted by Gasteiger charge is -2.13. The zero-order valence-electron chi connectivity index (χ0n) is 12.2. The third-order valence-electron chi connectivity index (χ3n) is 4.33. The highest BCUT2D eigenvalue weighted by Gasteiger charge is 2.17. The van der Waals surface area contributed by atoms with E-state index in [2.05, 4.69) is 42.0 Å². The lowest BCUT2D eigenvalue weighted by Crippen LogP contribution is -2.21. The molecule has 2 N–H and O–H groups in total. The lowest BCUT2D eigenvalue weighted by atomic mass is 10.0. The van der Waals surface area contributed by atoms with E-state index in [-0.39, 0.29) is 6.04 Å². The minimum absolute atomic E-state index is 0.252. The third kappa shape index (κ3) is 2.74. The van der Waals surface area contributed by atoms with Gasteiger partial charge in [-0.3, -0.25) is 0 Å². The van der Waals surface area contributed by atoms with Crippen LogP contribution in [0.5, 0.6) is 0 Å². The number of rotatable bonds is 5. The van der Waals surface area contributed by atoms with Crippen LogP contribution in [0.15, 0.2) is 30.5 Å². The Morgan fingerprint density at radius 3 is 3.05 bits per heavy atom. The van der Waals surface area contributed by atoms with Gasteiger partial charge in [0.15, 0.2) is 0 Å². The largest absolute Gasteiger partial charge is 0.376 e. The summed E-state index contributed by atoms with van der Waals surface area (Å²) in [5.41, 5.74) is 8.78. The Hall–Kier alpha value is -1.32. The topological polar surface area (TPSA) is 40.2 Å². The number of nitrogens with zero attached hydrogens (tertiary/aromatic N) is 1. The van der Waals surface area contributed by atoms with E-state index in [1.807, 2.05) is 0 Å². The maximum atomic E-state index is 6.11. The number of hydrogen-bond donors (Lipinski definition) is 1. The van der Waals surface area contributed by atoms with Crippen molar-refractivity contribution >= 4 is 10.9 Å². The van der Waals surface area contributed by atoms with Crippen molar-refractivity contribution in [3.05, 3.63) is 36.0 Å². The molecule has 0 radical (unpaired) electrons. The third-order valence-corrected chi connectivity index (χ3v) is 4.33. The summed E-state index contributed by atoms with van der Waals surface area (Å²) in [6, 6.07) is 9.02. The first-order chi connectivity index (χ1) is 9.78. The number of ether oxygens (including phenoxy) is 1. The summed E-state index contributed by atoms with van der Waals surface area (Å²) in [5, 5.41) is 1.34. The van der Waals surface area contributed by atoms with Crippen molar-refractivity contribution in [2.75, 3.05) is 6.61 Å². The van der Waals surface area contributed by atoms with E-state index in [1.165, 1.54) is 29.3 Å². The van der Waals surface area contributed by atoms with Gasteiger partial charge in [-0.2, -0.15) is 0 Å². The van der Waals surface area contributed by atoms with Crippen LogP contribution in [0.4, 0.5) is 0 Å². The van der Waals surface area contributed by atoms with E-state index in [1.54, 1.807) is 0 Å². The van der Waals surface area contributed by atoms with E-state index in [9.17, 15) is 0 Å². The summed E-state index contributed by atoms with van der Waals surface area (Å²) in [7, 11) is 0. The Bertz CT molecular complexity index is 569. The SMILES string of the molecule is CCC(N)Cc1cccc2c1ccn2CC1CCCO1. The fourth-order valence-electron chi connectivity index (χ4n) is 3.06. The van der Waals surface area contributed by atoms with Crippen molar-refractivity contribution in [2.24, 2.45) is 5.73 Å². The maximum absolute atomic E-state index is 6.11. The first-order valence-corrected chi connectivity index (χ1v) is 7.72. The molecule has 2 heterocycles. The molecule has 1 fully saturated rings. The summed E-state index contributed by atoms with van der Waals surface area (Å²) in [6.07, 6.45) is 6.92. The molecule has 2 aromatic rings. The lowest BCUT2D eigenvalue weighted by molar-refractivity contribution is 0.0980. The van der Waals surface area contributed by atoms with E-state index in [0.717, 1.165) is 26.0 Å². The molecular formula is C17H24N2O. The Balaban J connectivity index is 1.86. The highest BCUT2D eigenvalue weighted by atomic mass is 16.5. The summed E-state index contributed by atoms with van der Waals surface area (Å²) < 4.78 is 8.07. The molecule has 3 heteroatoms. The molecule has 0 aliphatic carbocycles. The van der Waals surface area contributed by atoms with Crippen molar-refractivity contribution in [3.8, 4) is 0 Å². The first-order valence-electron chi connectivity index (χ1n) is 7.72. The molecule has 108 valence electrons. The minimum atomic E-state index is 0.252. The highest BCUT2D eigenvalue weighted by Crippen LogP contribution is 2.23. The fourth-order valence-corrected chi connectivity index (χ4v) is 3.06. The second kappa shape index (κ2) is 5.98. The quantitative estimate of drug-likeness (QED) is 0.908. The molecule has 3 rings (SSSR count). The van der Waals surface area contributed by atoms with Gasteiger partial charge in [-0.25, -0.2) is 0 Å². The molecule has 2 unspecified atom stereocenters. The Kier molecular flexibility index (Phi) is 4.08. The van der Waals surface area contributed by atoms with Gasteiger partial charge in [0.1, 0.15) is 0 Å². The number of aromatic nitrogens is 1. The summed E-state index contributed by atoms with van der Waals surface area (Å²) >= 11 is 0. The predicted molar refractivity (Wildman–Crippen MR) is 82.9 cm³/mol. The fraction of sp³-hybridized carbons (Fsp3) is 0.529. The Morgan fingerprint density at radius 2 is 2.30 bits per heavy atom. The van der Waals surface area contributed by atoms with Gasteiger partial charge >= 0.3 is 0 Å². The molecule has 0 amide bonds. The molecule has 2 atom stereocenters. The van der Waals surface area contributed by atoms with E-state index < -0.39 is 0 Å². The molecule has 20 heavy (non-hydrogen) atoms. The monoisotopic (exact) mass is 272 g/mol. The van der Waals surface area contributed by atoms with Crippen molar-refractivity contribution in [3.63, 3.8) is 0 Å². The molecule has 0 saturated carbocycles. The molecule has 0 spiro atoms. The zero-order chi connectivity index (χ0) is 13.9. The first kappa shape index (κ1) is 13.7. The summed E-state index contributed by atoms with van der Waals surface area (Å²) in [4.78, 5) is 0. The van der Waals surface area contributed by atoms with Gasteiger partial charge in [0.2, 0.25) is 0 Å². The minimum Gasteiger partial charge on any atom is -0.376 e. The number of hydrogen-bond acceptors (Lipinski definition) is 2. The van der Waals surface area contributed by atoms with Crippen LogP contribution in [0, 0.1) is 0 Å². The van der Waals surface area contributed by atoms with E-state index in [0.29, 0.717) is 6.10 Å². The highest BCUT2D eigenvalue weighted by molar-refractivity contribution is 5.83. The second-order valence-corrected chi connectivity index (χ2v) is 5.83. The Morgan fingerprint density at radius 1 is 1.40 bits per heavy atom. The van der Waals surface area contributed by atoms with Gasteiger partial charge in [-0.05, 0) is 43.4 Å². The molecule has 1 aliphatic rings. The molecule has 3 nitrogen and oxygen atoms in total. The smallest absolute Gasteiger partial charge is 0.0754 e. The van der Waals surface area contributed by atoms with Gasteiger partial charge in [0, 0.05) is 36.3 Å². The average Bonchev–Trinajstić information content (AvgIpc) is 3.10. The summed E-state index contributed by atoms with van der Waals surface area (Å²) in [6.45, 7) is 4.03. The van der Waals surface area contributed by atoms with E-state index in [4.69, 9.17) is 10.5 Å². The Labute approximate surface area is 120 Å². The van der Waals surface area contributed by atoms with Crippen LogP contribution < -0.4 is 5.73 Å². The van der Waals surface area contributed by atoms with Crippen molar-refractivity contribution in [2.45, 2.75) is 51.3 Å². The maximum Gasteiger partial charge on any atom is 0.0754 e. The van der Waals surface area contributed by atoms with Gasteiger partial charge < -0.3 is 15.0 Å². The summed E-state index contributed by atoms with van der Waals surface area (Å²) in [5.74, 6) is 0. The number of nitrogens with two attached hydrogens (primary N) is 1. The van der Waals surface area contributed by atoms with Crippen molar-refractivity contribution in [1.82, 2.24) is 4.57 Å². The molecular weight excluding hydrogens is 248 g/mol. The number of fused-ring (bicyclic) bond motifs is 1. The number of benzene rings is 1. The molecule has 0 bridgehead atoms. The van der Waals surface area contributed by atoms with Crippen LogP contribution >= 0.6 is 0 Å². The molecule has 1 aromatic heterocycles. The van der Waals surface area contributed by atoms with Crippen LogP contribution in [0.3, 0.4) is 0 Å². The van der Waals surface area contributed by atoms with Crippen LogP contribution in [0.25, 0.3) is 10.9 Å². The zero-order valence-corrected chi connectivity index (χ0v) is 12.2. The van der Waals surface area contributed by atoms with E-state index >= 15 is 0 Å². The molecule has 1 aliphatic heterocycles. The van der Waals surface area contributed by atoms with Crippen molar-refractivity contribution in [1.29, 1.82) is 0 Å². The van der Waals surface area contributed by atoms with Crippen LogP contribution in [-0.4, -0.2) is 23.3 Å². The average molecular weight is 272 g/mol. The predicted octanol–water partition coefficient (Wildman–Crippen LogP) is 3.10. The molecule has 1 saturated heterocycles. The van der Waals surface area contributed by atoms with Crippen molar-refractivity contribution < 1.29 is 4.74 Å². The van der Waals surface area contributed by atoms with Crippen LogP contribution in [0.1, 0.15) is 31.7 Å². The van der Waals surface area contributed by atoms with Gasteiger partial charge in [-0.1, -0.05) is 19.1 Å². The standard InChI is InChI=1S/C17H24N2O/c1-2-14(18)11-13-5-3-7-17-16(13)8-9-19(17)12-15-6-4-10-20-15/h3,5,7-9,14-15H,2,4,6,10-12,18H2,1H3. The van der Waals surface area contributed by atoms with Gasteiger partial charge in [0.05, 0.1) is 6.10 Å². The van der Waals surface area contributed by atoms with Gasteiger partial charge in [0.25, 0.3) is 0 Å². The van der Waals surface area contributed by atoms with Gasteiger partial charge in [-0.15, -0.1) is 0 Å². The normalized spacial score (nSPS) is 20.6. The van der Waals surface area contributed by atoms with Crippen LogP contribution in [-0.2, 0) is 17.7 Å². The second-order valence-electron chi connectivity index (χ2n) is 5.83.